The van der Waals surface area contributed by atoms with Crippen LogP contribution in [0, 0.1) is 5.82 Å². The number of methoxy groups -OCH3 is 1. The molecule has 2 aromatic rings. The van der Waals surface area contributed by atoms with Crippen molar-refractivity contribution in [3.8, 4) is 5.75 Å². The van der Waals surface area contributed by atoms with Crippen molar-refractivity contribution in [3.63, 3.8) is 0 Å². The van der Waals surface area contributed by atoms with Crippen LogP contribution in [0.25, 0.3) is 6.08 Å². The van der Waals surface area contributed by atoms with Crippen LogP contribution < -0.4 is 9.64 Å². The molecule has 1 amide bonds. The first-order chi connectivity index (χ1) is 12.6. The van der Waals surface area contributed by atoms with E-state index in [9.17, 15) is 9.18 Å². The first-order valence-corrected chi connectivity index (χ1v) is 8.70. The van der Waals surface area contributed by atoms with Gasteiger partial charge in [-0.1, -0.05) is 30.3 Å². The maximum atomic E-state index is 13.8. The highest BCUT2D eigenvalue weighted by molar-refractivity contribution is 5.97. The van der Waals surface area contributed by atoms with Crippen LogP contribution in [-0.2, 0) is 4.79 Å². The number of carbonyl (C=O) groups is 1. The highest BCUT2D eigenvalue weighted by Crippen LogP contribution is 2.28. The summed E-state index contributed by atoms with van der Waals surface area (Å²) in [5.41, 5.74) is 2.02. The Labute approximate surface area is 153 Å². The second kappa shape index (κ2) is 8.04. The van der Waals surface area contributed by atoms with E-state index >= 15 is 0 Å². The van der Waals surface area contributed by atoms with Crippen LogP contribution in [0.4, 0.5) is 10.1 Å². The molecule has 1 fully saturated rings. The summed E-state index contributed by atoms with van der Waals surface area (Å²) in [6.07, 6.45) is 1.62. The van der Waals surface area contributed by atoms with Gasteiger partial charge in [-0.3, -0.25) is 4.79 Å². The fraction of sp³-hybridized carbons (Fsp3) is 0.286. The standard InChI is InChI=1S/C21H23FN2O2/c1-16(15-17-7-3-4-8-18(17)22)21(25)24-13-11-23(12-14-24)19-9-5-6-10-20(19)26-2/h3-10,15H,11-14H2,1-2H3/b16-15+. The molecule has 1 heterocycles. The first-order valence-electron chi connectivity index (χ1n) is 8.70. The van der Waals surface area contributed by atoms with E-state index in [2.05, 4.69) is 4.90 Å². The average molecular weight is 354 g/mol. The number of nitrogens with zero attached hydrogens (tertiary/aromatic N) is 2. The summed E-state index contributed by atoms with van der Waals surface area (Å²) in [6.45, 7) is 4.46. The Morgan fingerprint density at radius 1 is 1.04 bits per heavy atom. The highest BCUT2D eigenvalue weighted by atomic mass is 19.1. The predicted molar refractivity (Wildman–Crippen MR) is 102 cm³/mol. The number of anilines is 1. The van der Waals surface area contributed by atoms with Gasteiger partial charge in [0.1, 0.15) is 11.6 Å². The Bertz CT molecular complexity index is 811. The molecule has 4 nitrogen and oxygen atoms in total. The summed E-state index contributed by atoms with van der Waals surface area (Å²) in [7, 11) is 1.66. The van der Waals surface area contributed by atoms with Gasteiger partial charge in [-0.15, -0.1) is 0 Å². The van der Waals surface area contributed by atoms with Crippen LogP contribution in [0.1, 0.15) is 12.5 Å². The van der Waals surface area contributed by atoms with Gasteiger partial charge in [0, 0.05) is 37.3 Å². The quantitative estimate of drug-likeness (QED) is 0.787. The molecule has 0 aliphatic carbocycles. The van der Waals surface area contributed by atoms with Crippen molar-refractivity contribution in [3.05, 3.63) is 65.5 Å². The van der Waals surface area contributed by atoms with Crippen LogP contribution in [0.15, 0.2) is 54.1 Å². The van der Waals surface area contributed by atoms with Crippen molar-refractivity contribution >= 4 is 17.7 Å². The van der Waals surface area contributed by atoms with Gasteiger partial charge in [-0.25, -0.2) is 4.39 Å². The predicted octanol–water partition coefficient (Wildman–Crippen LogP) is 3.59. The topological polar surface area (TPSA) is 32.8 Å². The summed E-state index contributed by atoms with van der Waals surface area (Å²) < 4.78 is 19.2. The van der Waals surface area contributed by atoms with Crippen LogP contribution in [0.5, 0.6) is 5.75 Å². The lowest BCUT2D eigenvalue weighted by Crippen LogP contribution is -2.49. The Morgan fingerprint density at radius 3 is 2.38 bits per heavy atom. The molecule has 0 atom stereocenters. The lowest BCUT2D eigenvalue weighted by atomic mass is 10.1. The summed E-state index contributed by atoms with van der Waals surface area (Å²) in [6, 6.07) is 14.4. The van der Waals surface area contributed by atoms with Crippen molar-refractivity contribution in [2.75, 3.05) is 38.2 Å². The number of benzene rings is 2. The van der Waals surface area contributed by atoms with E-state index in [0.29, 0.717) is 24.2 Å². The number of hydrogen-bond donors (Lipinski definition) is 0. The van der Waals surface area contributed by atoms with Gasteiger partial charge in [0.25, 0.3) is 0 Å². The maximum Gasteiger partial charge on any atom is 0.249 e. The zero-order chi connectivity index (χ0) is 18.5. The number of ether oxygens (including phenoxy) is 1. The second-order valence-corrected chi connectivity index (χ2v) is 6.30. The molecule has 0 spiro atoms. The van der Waals surface area contributed by atoms with Gasteiger partial charge in [-0.2, -0.15) is 0 Å². The van der Waals surface area contributed by atoms with Crippen molar-refractivity contribution in [2.45, 2.75) is 6.92 Å². The zero-order valence-electron chi connectivity index (χ0n) is 15.1. The number of para-hydroxylation sites is 2. The minimum Gasteiger partial charge on any atom is -0.495 e. The molecular weight excluding hydrogens is 331 g/mol. The van der Waals surface area contributed by atoms with Crippen molar-refractivity contribution in [1.29, 1.82) is 0 Å². The van der Waals surface area contributed by atoms with Gasteiger partial charge >= 0.3 is 0 Å². The van der Waals surface area contributed by atoms with E-state index in [4.69, 9.17) is 4.74 Å². The molecule has 0 aromatic heterocycles. The van der Waals surface area contributed by atoms with Crippen molar-refractivity contribution < 1.29 is 13.9 Å². The van der Waals surface area contributed by atoms with Crippen LogP contribution in [0.3, 0.4) is 0 Å². The zero-order valence-corrected chi connectivity index (χ0v) is 15.1. The van der Waals surface area contributed by atoms with Crippen LogP contribution in [0.2, 0.25) is 0 Å². The summed E-state index contributed by atoms with van der Waals surface area (Å²) >= 11 is 0. The SMILES string of the molecule is COc1ccccc1N1CCN(C(=O)/C(C)=C/c2ccccc2F)CC1. The summed E-state index contributed by atoms with van der Waals surface area (Å²) in [5, 5.41) is 0. The molecule has 0 unspecified atom stereocenters. The summed E-state index contributed by atoms with van der Waals surface area (Å²) in [5.74, 6) is 0.469. The number of halogens is 1. The van der Waals surface area contributed by atoms with Crippen LogP contribution in [-0.4, -0.2) is 44.1 Å². The van der Waals surface area contributed by atoms with Gasteiger partial charge in [0.2, 0.25) is 5.91 Å². The average Bonchev–Trinajstić information content (AvgIpc) is 2.69. The van der Waals surface area contributed by atoms with Crippen LogP contribution >= 0.6 is 0 Å². The monoisotopic (exact) mass is 354 g/mol. The van der Waals surface area contributed by atoms with E-state index in [-0.39, 0.29) is 11.7 Å². The molecule has 5 heteroatoms. The van der Waals surface area contributed by atoms with Gasteiger partial charge in [0.05, 0.1) is 12.8 Å². The number of piperazine rings is 1. The Morgan fingerprint density at radius 2 is 1.69 bits per heavy atom. The lowest BCUT2D eigenvalue weighted by molar-refractivity contribution is -0.127. The fourth-order valence-electron chi connectivity index (χ4n) is 3.18. The smallest absolute Gasteiger partial charge is 0.249 e. The second-order valence-electron chi connectivity index (χ2n) is 6.30. The number of rotatable bonds is 4. The van der Waals surface area contributed by atoms with E-state index in [1.54, 1.807) is 38.3 Å². The molecule has 0 bridgehead atoms. The molecule has 0 N–H and O–H groups in total. The molecule has 1 aliphatic heterocycles. The van der Waals surface area contributed by atoms with Gasteiger partial charge in [0.15, 0.2) is 0 Å². The van der Waals surface area contributed by atoms with E-state index in [0.717, 1.165) is 24.5 Å². The van der Waals surface area contributed by atoms with Crippen molar-refractivity contribution in [1.82, 2.24) is 4.90 Å². The minimum atomic E-state index is -0.319. The molecule has 2 aromatic carbocycles. The molecule has 1 saturated heterocycles. The van der Waals surface area contributed by atoms with Gasteiger partial charge in [-0.05, 0) is 31.2 Å². The molecule has 0 radical (unpaired) electrons. The van der Waals surface area contributed by atoms with E-state index < -0.39 is 0 Å². The normalized spacial score (nSPS) is 15.1. The molecule has 3 rings (SSSR count). The summed E-state index contributed by atoms with van der Waals surface area (Å²) in [4.78, 5) is 16.7. The molecule has 0 saturated carbocycles. The third-order valence-electron chi connectivity index (χ3n) is 4.61. The minimum absolute atomic E-state index is 0.0482. The third kappa shape index (κ3) is 3.87. The Kier molecular flexibility index (Phi) is 5.56. The largest absolute Gasteiger partial charge is 0.495 e. The molecule has 136 valence electrons. The number of carbonyl (C=O) groups excluding carboxylic acids is 1. The maximum absolute atomic E-state index is 13.8. The first kappa shape index (κ1) is 18.0. The molecular formula is C21H23FN2O2. The van der Waals surface area contributed by atoms with Crippen molar-refractivity contribution in [2.24, 2.45) is 0 Å². The Hall–Kier alpha value is -2.82. The fourth-order valence-corrected chi connectivity index (χ4v) is 3.18. The van der Waals surface area contributed by atoms with Gasteiger partial charge < -0.3 is 14.5 Å². The third-order valence-corrected chi connectivity index (χ3v) is 4.61. The molecule has 26 heavy (non-hydrogen) atoms. The Balaban J connectivity index is 1.66. The highest BCUT2D eigenvalue weighted by Gasteiger charge is 2.23. The van der Waals surface area contributed by atoms with E-state index in [1.165, 1.54) is 6.07 Å². The van der Waals surface area contributed by atoms with E-state index in [1.807, 2.05) is 29.2 Å². The number of amides is 1. The molecule has 1 aliphatic rings. The lowest BCUT2D eigenvalue weighted by Gasteiger charge is -2.36. The number of hydrogen-bond acceptors (Lipinski definition) is 3.